The molecule has 0 aromatic rings. The normalized spacial score (nSPS) is 19.4. The van der Waals surface area contributed by atoms with Gasteiger partial charge in [-0.3, -0.25) is 0 Å². The van der Waals surface area contributed by atoms with Crippen molar-refractivity contribution in [3.8, 4) is 0 Å². The third-order valence-corrected chi connectivity index (χ3v) is 6.25. The zero-order valence-electron chi connectivity index (χ0n) is 14.7. The molecule has 4 heteroatoms. The van der Waals surface area contributed by atoms with E-state index in [0.717, 1.165) is 6.54 Å². The molecule has 1 aliphatic carbocycles. The summed E-state index contributed by atoms with van der Waals surface area (Å²) in [5, 5.41) is 5.49. The Morgan fingerprint density at radius 3 is 1.95 bits per heavy atom. The van der Waals surface area contributed by atoms with Crippen LogP contribution in [0.2, 0.25) is 19.6 Å². The topological polar surface area (TPSA) is 12.0 Å². The van der Waals surface area contributed by atoms with Crippen molar-refractivity contribution >= 4 is 45.8 Å². The van der Waals surface area contributed by atoms with Gasteiger partial charge in [0.25, 0.3) is 0 Å². The summed E-state index contributed by atoms with van der Waals surface area (Å²) >= 11 is 0. The van der Waals surface area contributed by atoms with Gasteiger partial charge < -0.3 is 5.32 Å². The molecule has 0 spiro atoms. The maximum Gasteiger partial charge on any atom is 0.0752 e. The van der Waals surface area contributed by atoms with E-state index in [1.807, 2.05) is 0 Å². The predicted octanol–water partition coefficient (Wildman–Crippen LogP) is 3.53. The van der Waals surface area contributed by atoms with Crippen LogP contribution in [0, 0.1) is 0 Å². The van der Waals surface area contributed by atoms with Crippen LogP contribution in [0.25, 0.3) is 0 Å². The Balaban J connectivity index is 0. The van der Waals surface area contributed by atoms with Crippen molar-refractivity contribution in [2.45, 2.75) is 66.2 Å². The second kappa shape index (κ2) is 8.99. The van der Waals surface area contributed by atoms with Crippen molar-refractivity contribution in [1.29, 1.82) is 0 Å². The van der Waals surface area contributed by atoms with Crippen molar-refractivity contribution in [2.75, 3.05) is 6.54 Å². The molecule has 0 aliphatic heterocycles. The summed E-state index contributed by atoms with van der Waals surface area (Å²) in [5.41, 5.74) is 4.64. The molecule has 0 saturated heterocycles. The van der Waals surface area contributed by atoms with Gasteiger partial charge in [-0.05, 0) is 44.9 Å². The molecule has 0 saturated carbocycles. The summed E-state index contributed by atoms with van der Waals surface area (Å²) in [6, 6.07) is 0.535. The molecular weight excluding hydrogens is 236 g/mol. The van der Waals surface area contributed by atoms with Crippen LogP contribution in [0.5, 0.6) is 0 Å². The first-order chi connectivity index (χ1) is 7.80. The maximum atomic E-state index is 3.77. The van der Waals surface area contributed by atoms with Gasteiger partial charge in [0.05, 0.1) is 8.07 Å². The van der Waals surface area contributed by atoms with E-state index in [1.165, 1.54) is 18.4 Å². The van der Waals surface area contributed by atoms with Crippen LogP contribution in [0.1, 0.15) is 40.5 Å². The standard InChI is InChI=1S/C15H29NSi.2Li/c1-8-9-10-16-14-12(3)11(2)13(4)15(14)17(5,6)7;;/h14,16H,8-10H2,1-7H3;;. The molecule has 100 valence electrons. The van der Waals surface area contributed by atoms with Crippen molar-refractivity contribution in [3.05, 3.63) is 21.9 Å². The van der Waals surface area contributed by atoms with Crippen LogP contribution in [0.4, 0.5) is 0 Å². The van der Waals surface area contributed by atoms with Gasteiger partial charge in [0.1, 0.15) is 0 Å². The predicted molar refractivity (Wildman–Crippen MR) is 92.6 cm³/mol. The Hall–Kier alpha value is 0.852. The first kappa shape index (κ1) is 22.1. The molecule has 0 aromatic heterocycles. The van der Waals surface area contributed by atoms with E-state index in [-0.39, 0.29) is 37.7 Å². The number of hydrogen-bond acceptors (Lipinski definition) is 1. The minimum absolute atomic E-state index is 0. The molecule has 0 bridgehead atoms. The van der Waals surface area contributed by atoms with Gasteiger partial charge in [-0.1, -0.05) is 43.8 Å². The Kier molecular flexibility index (Phi) is 10.5. The van der Waals surface area contributed by atoms with Gasteiger partial charge >= 0.3 is 0 Å². The summed E-state index contributed by atoms with van der Waals surface area (Å²) in [7, 11) is -1.22. The molecule has 0 amide bonds. The van der Waals surface area contributed by atoms with Gasteiger partial charge in [0.2, 0.25) is 0 Å². The van der Waals surface area contributed by atoms with E-state index in [1.54, 1.807) is 16.3 Å². The molecule has 0 fully saturated rings. The minimum Gasteiger partial charge on any atom is -0.307 e. The van der Waals surface area contributed by atoms with Crippen LogP contribution in [0.15, 0.2) is 21.9 Å². The zero-order chi connectivity index (χ0) is 13.2. The van der Waals surface area contributed by atoms with E-state index in [9.17, 15) is 0 Å². The van der Waals surface area contributed by atoms with Gasteiger partial charge in [-0.15, -0.1) is 0 Å². The van der Waals surface area contributed by atoms with Crippen LogP contribution >= 0.6 is 0 Å². The summed E-state index contributed by atoms with van der Waals surface area (Å²) in [6.45, 7) is 17.7. The van der Waals surface area contributed by atoms with E-state index >= 15 is 0 Å². The number of rotatable bonds is 5. The van der Waals surface area contributed by atoms with Gasteiger partial charge in [0, 0.05) is 43.8 Å². The molecule has 2 radical (unpaired) electrons. The second-order valence-corrected chi connectivity index (χ2v) is 11.4. The molecule has 0 aromatic carbocycles. The largest absolute Gasteiger partial charge is 0.307 e. The molecule has 1 nitrogen and oxygen atoms in total. The summed E-state index contributed by atoms with van der Waals surface area (Å²) < 4.78 is 0. The first-order valence-corrected chi connectivity index (χ1v) is 10.4. The first-order valence-electron chi connectivity index (χ1n) is 6.93. The summed E-state index contributed by atoms with van der Waals surface area (Å²) in [5.74, 6) is 0. The zero-order valence-corrected chi connectivity index (χ0v) is 15.7. The van der Waals surface area contributed by atoms with E-state index < -0.39 is 8.07 Å². The van der Waals surface area contributed by atoms with Crippen molar-refractivity contribution in [2.24, 2.45) is 0 Å². The van der Waals surface area contributed by atoms with E-state index in [2.05, 4.69) is 52.7 Å². The fraction of sp³-hybridized carbons (Fsp3) is 0.733. The molecule has 1 unspecified atom stereocenters. The quantitative estimate of drug-likeness (QED) is 0.592. The smallest absolute Gasteiger partial charge is 0.0752 e. The van der Waals surface area contributed by atoms with Crippen LogP contribution in [0.3, 0.4) is 0 Å². The average Bonchev–Trinajstić information content (AvgIpc) is 2.43. The van der Waals surface area contributed by atoms with Gasteiger partial charge in [-0.25, -0.2) is 0 Å². The fourth-order valence-electron chi connectivity index (χ4n) is 2.82. The summed E-state index contributed by atoms with van der Waals surface area (Å²) in [4.78, 5) is 0. The molecular formula is C15H29Li2NSi. The van der Waals surface area contributed by atoms with Crippen molar-refractivity contribution in [1.82, 2.24) is 5.32 Å². The third-order valence-electron chi connectivity index (χ3n) is 3.97. The monoisotopic (exact) mass is 265 g/mol. The van der Waals surface area contributed by atoms with Gasteiger partial charge in [-0.2, -0.15) is 0 Å². The number of hydrogen-bond donors (Lipinski definition) is 1. The second-order valence-electron chi connectivity index (χ2n) is 6.34. The molecule has 1 aliphatic rings. The van der Waals surface area contributed by atoms with Crippen molar-refractivity contribution in [3.63, 3.8) is 0 Å². The molecule has 0 heterocycles. The Bertz CT molecular complexity index is 354. The summed E-state index contributed by atoms with van der Waals surface area (Å²) in [6.07, 6.45) is 2.55. The third kappa shape index (κ3) is 5.28. The van der Waals surface area contributed by atoms with Crippen LogP contribution in [-0.4, -0.2) is 58.4 Å². The Morgan fingerprint density at radius 2 is 1.53 bits per heavy atom. The Labute approximate surface area is 145 Å². The average molecular weight is 265 g/mol. The number of unbranched alkanes of at least 4 members (excludes halogenated alkanes) is 1. The minimum atomic E-state index is -1.22. The van der Waals surface area contributed by atoms with Crippen molar-refractivity contribution < 1.29 is 0 Å². The molecule has 1 rings (SSSR count). The molecule has 1 N–H and O–H groups in total. The number of nitrogens with one attached hydrogen (secondary N) is 1. The van der Waals surface area contributed by atoms with E-state index in [4.69, 9.17) is 0 Å². The Morgan fingerprint density at radius 1 is 1.00 bits per heavy atom. The molecule has 1 atom stereocenters. The van der Waals surface area contributed by atoms with Gasteiger partial charge in [0.15, 0.2) is 0 Å². The van der Waals surface area contributed by atoms with Crippen LogP contribution < -0.4 is 5.32 Å². The maximum absolute atomic E-state index is 3.77. The fourth-order valence-corrected chi connectivity index (χ4v) is 5.32. The SMILES string of the molecule is CCCCNC1C(C)=C(C)C(C)=C1[Si](C)(C)C.[Li].[Li]. The molecule has 19 heavy (non-hydrogen) atoms. The number of allylic oxidation sites excluding steroid dienone is 2. The van der Waals surface area contributed by atoms with Crippen LogP contribution in [-0.2, 0) is 0 Å². The van der Waals surface area contributed by atoms with E-state index in [0.29, 0.717) is 6.04 Å².